The molecule has 4 rings (SSSR count). The third-order valence-corrected chi connectivity index (χ3v) is 5.99. The molecular weight excluding hydrogens is 404 g/mol. The monoisotopic (exact) mass is 436 g/mol. The van der Waals surface area contributed by atoms with E-state index in [1.807, 2.05) is 45.0 Å². The summed E-state index contributed by atoms with van der Waals surface area (Å²) in [6.45, 7) is 7.98. The average Bonchev–Trinajstić information content (AvgIpc) is 3.10. The minimum atomic E-state index is -0.0332. The van der Waals surface area contributed by atoms with Crippen LogP contribution >= 0.6 is 0 Å². The van der Waals surface area contributed by atoms with Crippen molar-refractivity contribution in [2.24, 2.45) is 16.8 Å². The number of hydrogen-bond acceptors (Lipinski definition) is 6. The topological polar surface area (TPSA) is 85.7 Å². The molecule has 7 nitrogen and oxygen atoms in total. The van der Waals surface area contributed by atoms with Gasteiger partial charge in [-0.2, -0.15) is 0 Å². The van der Waals surface area contributed by atoms with E-state index in [-0.39, 0.29) is 17.9 Å². The van der Waals surface area contributed by atoms with Crippen LogP contribution in [0.5, 0.6) is 11.5 Å². The Labute approximate surface area is 189 Å². The molecule has 2 unspecified atom stereocenters. The highest BCUT2D eigenvalue weighted by atomic mass is 16.5. The molecule has 1 aromatic heterocycles. The van der Waals surface area contributed by atoms with E-state index in [0.29, 0.717) is 36.3 Å². The van der Waals surface area contributed by atoms with Gasteiger partial charge in [-0.05, 0) is 70.2 Å². The predicted molar refractivity (Wildman–Crippen MR) is 124 cm³/mol. The summed E-state index contributed by atoms with van der Waals surface area (Å²) in [5.74, 6) is 2.50. The molecule has 1 saturated heterocycles. The lowest BCUT2D eigenvalue weighted by atomic mass is 9.83. The highest BCUT2D eigenvalue weighted by Gasteiger charge is 2.33. The number of nitrogens with zero attached hydrogens (tertiary/aromatic N) is 3. The Balaban J connectivity index is 1.61. The lowest BCUT2D eigenvalue weighted by Gasteiger charge is -2.20. The Bertz CT molecular complexity index is 989. The van der Waals surface area contributed by atoms with Crippen LogP contribution in [0.2, 0.25) is 0 Å². The third-order valence-electron chi connectivity index (χ3n) is 5.99. The largest absolute Gasteiger partial charge is 0.490 e. The van der Waals surface area contributed by atoms with Gasteiger partial charge in [-0.1, -0.05) is 0 Å². The van der Waals surface area contributed by atoms with Crippen LogP contribution in [0.4, 0.5) is 0 Å². The van der Waals surface area contributed by atoms with Crippen LogP contribution in [0.25, 0.3) is 11.4 Å². The Kier molecular flexibility index (Phi) is 7.02. The van der Waals surface area contributed by atoms with Crippen molar-refractivity contribution in [1.82, 2.24) is 15.3 Å². The van der Waals surface area contributed by atoms with Gasteiger partial charge >= 0.3 is 0 Å². The first-order valence-electron chi connectivity index (χ1n) is 11.6. The van der Waals surface area contributed by atoms with Gasteiger partial charge in [0.15, 0.2) is 17.3 Å². The molecule has 0 bridgehead atoms. The maximum absolute atomic E-state index is 12.6. The Morgan fingerprint density at radius 3 is 2.88 bits per heavy atom. The van der Waals surface area contributed by atoms with Crippen LogP contribution in [0.1, 0.15) is 52.1 Å². The SMILES string of the molecule is CCOc1cc(-c2nccc(C3=NCCC4CCCNC(=O)C4C3)n2)ccc1OC(C)C. The normalized spacial score (nSPS) is 21.1. The first-order chi connectivity index (χ1) is 15.5. The summed E-state index contributed by atoms with van der Waals surface area (Å²) >= 11 is 0. The molecule has 1 aromatic carbocycles. The lowest BCUT2D eigenvalue weighted by Crippen LogP contribution is -2.33. The second-order valence-electron chi connectivity index (χ2n) is 8.65. The van der Waals surface area contributed by atoms with Crippen LogP contribution in [-0.2, 0) is 4.79 Å². The van der Waals surface area contributed by atoms with Gasteiger partial charge in [0.05, 0.1) is 24.1 Å². The zero-order valence-electron chi connectivity index (χ0n) is 19.1. The van der Waals surface area contributed by atoms with Crippen LogP contribution in [-0.4, -0.2) is 47.4 Å². The van der Waals surface area contributed by atoms with Crippen molar-refractivity contribution in [3.8, 4) is 22.9 Å². The Hall–Kier alpha value is -2.96. The number of benzene rings is 1. The lowest BCUT2D eigenvalue weighted by molar-refractivity contribution is -0.125. The molecule has 0 radical (unpaired) electrons. The van der Waals surface area contributed by atoms with Crippen molar-refractivity contribution >= 4 is 11.6 Å². The van der Waals surface area contributed by atoms with Crippen LogP contribution in [0.15, 0.2) is 35.5 Å². The Morgan fingerprint density at radius 1 is 1.19 bits per heavy atom. The quantitative estimate of drug-likeness (QED) is 0.738. The fourth-order valence-electron chi connectivity index (χ4n) is 4.48. The number of carbonyl (C=O) groups is 1. The van der Waals surface area contributed by atoms with Crippen molar-refractivity contribution in [3.05, 3.63) is 36.2 Å². The summed E-state index contributed by atoms with van der Waals surface area (Å²) < 4.78 is 11.7. The smallest absolute Gasteiger partial charge is 0.223 e. The highest BCUT2D eigenvalue weighted by molar-refractivity contribution is 6.01. The summed E-state index contributed by atoms with van der Waals surface area (Å²) in [7, 11) is 0. The van der Waals surface area contributed by atoms with E-state index in [0.717, 1.165) is 49.3 Å². The maximum Gasteiger partial charge on any atom is 0.223 e. The first-order valence-corrected chi connectivity index (χ1v) is 11.6. The number of amides is 1. The molecule has 0 aliphatic carbocycles. The fraction of sp³-hybridized carbons (Fsp3) is 0.520. The number of fused-ring (bicyclic) bond motifs is 1. The molecule has 0 saturated carbocycles. The second-order valence-corrected chi connectivity index (χ2v) is 8.65. The summed E-state index contributed by atoms with van der Waals surface area (Å²) in [5.41, 5.74) is 2.53. The van der Waals surface area contributed by atoms with Gasteiger partial charge in [-0.15, -0.1) is 0 Å². The van der Waals surface area contributed by atoms with Gasteiger partial charge in [-0.25, -0.2) is 9.97 Å². The minimum Gasteiger partial charge on any atom is -0.490 e. The van der Waals surface area contributed by atoms with Crippen LogP contribution in [0, 0.1) is 11.8 Å². The fourth-order valence-corrected chi connectivity index (χ4v) is 4.48. The molecule has 1 N–H and O–H groups in total. The van der Waals surface area contributed by atoms with E-state index in [1.54, 1.807) is 6.20 Å². The summed E-state index contributed by atoms with van der Waals surface area (Å²) in [4.78, 5) is 26.8. The molecule has 7 heteroatoms. The van der Waals surface area contributed by atoms with Gasteiger partial charge in [0.25, 0.3) is 0 Å². The summed E-state index contributed by atoms with van der Waals surface area (Å²) in [6.07, 6.45) is 5.50. The zero-order valence-corrected chi connectivity index (χ0v) is 19.1. The van der Waals surface area contributed by atoms with E-state index >= 15 is 0 Å². The van der Waals surface area contributed by atoms with Crippen molar-refractivity contribution < 1.29 is 14.3 Å². The zero-order chi connectivity index (χ0) is 22.5. The first kappa shape index (κ1) is 22.2. The van der Waals surface area contributed by atoms with Crippen molar-refractivity contribution in [2.75, 3.05) is 19.7 Å². The Morgan fingerprint density at radius 2 is 2.06 bits per heavy atom. The molecular formula is C25H32N4O3. The summed E-state index contributed by atoms with van der Waals surface area (Å²) in [6, 6.07) is 7.66. The maximum atomic E-state index is 12.6. The molecule has 2 aliphatic rings. The minimum absolute atomic E-state index is 0.0332. The molecule has 2 aliphatic heterocycles. The molecule has 2 atom stereocenters. The van der Waals surface area contributed by atoms with Gasteiger partial charge in [0.2, 0.25) is 5.91 Å². The van der Waals surface area contributed by atoms with E-state index in [2.05, 4.69) is 10.3 Å². The van der Waals surface area contributed by atoms with Gasteiger partial charge in [-0.3, -0.25) is 9.79 Å². The number of nitrogens with one attached hydrogen (secondary N) is 1. The number of aliphatic imine (C=N–C) groups is 1. The molecule has 3 heterocycles. The third kappa shape index (κ3) is 5.09. The van der Waals surface area contributed by atoms with Gasteiger partial charge < -0.3 is 14.8 Å². The molecule has 32 heavy (non-hydrogen) atoms. The highest BCUT2D eigenvalue weighted by Crippen LogP contribution is 2.33. The van der Waals surface area contributed by atoms with E-state index in [1.165, 1.54) is 0 Å². The second kappa shape index (κ2) is 10.1. The number of rotatable bonds is 6. The van der Waals surface area contributed by atoms with Gasteiger partial charge in [0, 0.05) is 37.2 Å². The van der Waals surface area contributed by atoms with Crippen LogP contribution in [0.3, 0.4) is 0 Å². The molecule has 170 valence electrons. The number of aromatic nitrogens is 2. The average molecular weight is 437 g/mol. The van der Waals surface area contributed by atoms with Crippen molar-refractivity contribution in [1.29, 1.82) is 0 Å². The standard InChI is InChI=1S/C25H32N4O3/c1-4-31-23-14-18(7-8-22(23)32-16(2)3)24-27-13-10-20(29-24)21-15-19-17(9-12-26-21)6-5-11-28-25(19)30/h7-8,10,13-14,16-17,19H,4-6,9,11-12,15H2,1-3H3,(H,28,30). The van der Waals surface area contributed by atoms with E-state index in [9.17, 15) is 4.79 Å². The molecule has 2 aromatic rings. The summed E-state index contributed by atoms with van der Waals surface area (Å²) in [5, 5.41) is 3.07. The number of ether oxygens (including phenoxy) is 2. The number of hydrogen-bond donors (Lipinski definition) is 1. The van der Waals surface area contributed by atoms with E-state index in [4.69, 9.17) is 19.5 Å². The van der Waals surface area contributed by atoms with Gasteiger partial charge in [0.1, 0.15) is 0 Å². The molecule has 1 fully saturated rings. The van der Waals surface area contributed by atoms with Crippen LogP contribution < -0.4 is 14.8 Å². The molecule has 1 amide bonds. The molecule has 0 spiro atoms. The van der Waals surface area contributed by atoms with Crippen molar-refractivity contribution in [3.63, 3.8) is 0 Å². The van der Waals surface area contributed by atoms with Crippen molar-refractivity contribution in [2.45, 2.75) is 52.6 Å². The predicted octanol–water partition coefficient (Wildman–Crippen LogP) is 4.05. The number of carbonyl (C=O) groups excluding carboxylic acids is 1. The van der Waals surface area contributed by atoms with E-state index < -0.39 is 0 Å².